The zero-order valence-corrected chi connectivity index (χ0v) is 8.06. The van der Waals surface area contributed by atoms with E-state index in [2.05, 4.69) is 12.1 Å². The highest BCUT2D eigenvalue weighted by molar-refractivity contribution is 5.13. The van der Waals surface area contributed by atoms with E-state index in [1.165, 1.54) is 5.56 Å². The summed E-state index contributed by atoms with van der Waals surface area (Å²) in [6.45, 7) is 1.44. The van der Waals surface area contributed by atoms with Gasteiger partial charge >= 0.3 is 0 Å². The van der Waals surface area contributed by atoms with Crippen LogP contribution >= 0.6 is 0 Å². The first-order chi connectivity index (χ1) is 6.95. The second-order valence-electron chi connectivity index (χ2n) is 3.32. The van der Waals surface area contributed by atoms with Crippen LogP contribution in [0.15, 0.2) is 42.7 Å². The normalized spacial score (nSPS) is 20.4. The summed E-state index contributed by atoms with van der Waals surface area (Å²) in [4.78, 5) is 0. The van der Waals surface area contributed by atoms with Gasteiger partial charge in [-0.15, -0.1) is 0 Å². The van der Waals surface area contributed by atoms with Crippen LogP contribution in [0.4, 0.5) is 0 Å². The second-order valence-corrected chi connectivity index (χ2v) is 3.32. The van der Waals surface area contributed by atoms with Crippen LogP contribution in [0.5, 0.6) is 0 Å². The third kappa shape index (κ3) is 2.60. The molecule has 74 valence electrons. The number of hydrogen-bond donors (Lipinski definition) is 0. The molecule has 0 amide bonds. The minimum Gasteiger partial charge on any atom is -0.501 e. The molecule has 2 heteroatoms. The van der Waals surface area contributed by atoms with E-state index in [0.717, 1.165) is 13.0 Å². The molecule has 0 bridgehead atoms. The number of benzene rings is 1. The number of rotatable bonds is 3. The fourth-order valence-corrected chi connectivity index (χ4v) is 1.41. The average Bonchev–Trinajstić information content (AvgIpc) is 2.29. The maximum atomic E-state index is 5.70. The molecule has 1 aliphatic heterocycles. The molecule has 0 aromatic heterocycles. The van der Waals surface area contributed by atoms with Crippen molar-refractivity contribution in [2.75, 3.05) is 6.61 Å². The number of hydrogen-bond acceptors (Lipinski definition) is 2. The Labute approximate surface area is 84.2 Å². The van der Waals surface area contributed by atoms with Crippen LogP contribution in [0.2, 0.25) is 0 Å². The summed E-state index contributed by atoms with van der Waals surface area (Å²) in [7, 11) is 0. The molecule has 0 spiro atoms. The summed E-state index contributed by atoms with van der Waals surface area (Å²) in [5.41, 5.74) is 1.22. The maximum Gasteiger partial charge on any atom is 0.0901 e. The van der Waals surface area contributed by atoms with Crippen molar-refractivity contribution in [3.8, 4) is 0 Å². The zero-order valence-electron chi connectivity index (χ0n) is 8.06. The Morgan fingerprint density at radius 1 is 1.29 bits per heavy atom. The van der Waals surface area contributed by atoms with Crippen molar-refractivity contribution >= 4 is 0 Å². The summed E-state index contributed by atoms with van der Waals surface area (Å²) in [6.07, 6.45) is 4.85. The standard InChI is InChI=1S/C12H14O2/c1-2-4-11(5-3-1)10-14-12-6-8-13-9-7-12/h1-6,8,12H,7,9-10H2/t12-/m0/s1. The van der Waals surface area contributed by atoms with Crippen molar-refractivity contribution in [3.05, 3.63) is 48.2 Å². The van der Waals surface area contributed by atoms with Gasteiger partial charge < -0.3 is 9.47 Å². The van der Waals surface area contributed by atoms with Crippen LogP contribution in [0.3, 0.4) is 0 Å². The summed E-state index contributed by atoms with van der Waals surface area (Å²) in [6, 6.07) is 10.2. The van der Waals surface area contributed by atoms with Crippen LogP contribution in [-0.2, 0) is 16.1 Å². The molecule has 1 aromatic rings. The van der Waals surface area contributed by atoms with Crippen LogP contribution in [0, 0.1) is 0 Å². The van der Waals surface area contributed by atoms with Gasteiger partial charge in [0.05, 0.1) is 25.6 Å². The van der Waals surface area contributed by atoms with Gasteiger partial charge in [0.15, 0.2) is 0 Å². The van der Waals surface area contributed by atoms with Crippen LogP contribution in [0.25, 0.3) is 0 Å². The molecule has 0 saturated carbocycles. The third-order valence-corrected chi connectivity index (χ3v) is 2.22. The van der Waals surface area contributed by atoms with Crippen molar-refractivity contribution in [1.82, 2.24) is 0 Å². The van der Waals surface area contributed by atoms with Crippen LogP contribution in [0.1, 0.15) is 12.0 Å². The van der Waals surface area contributed by atoms with E-state index < -0.39 is 0 Å². The van der Waals surface area contributed by atoms with Crippen molar-refractivity contribution in [2.24, 2.45) is 0 Å². The minimum absolute atomic E-state index is 0.212. The first kappa shape index (κ1) is 9.28. The van der Waals surface area contributed by atoms with Crippen molar-refractivity contribution < 1.29 is 9.47 Å². The Balaban J connectivity index is 1.82. The van der Waals surface area contributed by atoms with Gasteiger partial charge in [-0.25, -0.2) is 0 Å². The molecule has 0 saturated heterocycles. The lowest BCUT2D eigenvalue weighted by Crippen LogP contribution is -2.15. The average molecular weight is 190 g/mol. The van der Waals surface area contributed by atoms with Crippen molar-refractivity contribution in [2.45, 2.75) is 19.1 Å². The van der Waals surface area contributed by atoms with Crippen molar-refractivity contribution in [3.63, 3.8) is 0 Å². The van der Waals surface area contributed by atoms with Gasteiger partial charge in [-0.2, -0.15) is 0 Å². The molecule has 2 nitrogen and oxygen atoms in total. The van der Waals surface area contributed by atoms with Crippen molar-refractivity contribution in [1.29, 1.82) is 0 Å². The second kappa shape index (κ2) is 4.82. The lowest BCUT2D eigenvalue weighted by molar-refractivity contribution is 0.0388. The Morgan fingerprint density at radius 3 is 2.86 bits per heavy atom. The van der Waals surface area contributed by atoms with E-state index in [9.17, 15) is 0 Å². The highest BCUT2D eigenvalue weighted by Crippen LogP contribution is 2.10. The van der Waals surface area contributed by atoms with E-state index in [4.69, 9.17) is 9.47 Å². The fraction of sp³-hybridized carbons (Fsp3) is 0.333. The molecule has 1 atom stereocenters. The van der Waals surface area contributed by atoms with E-state index in [-0.39, 0.29) is 6.10 Å². The fourth-order valence-electron chi connectivity index (χ4n) is 1.41. The lowest BCUT2D eigenvalue weighted by Gasteiger charge is -2.17. The minimum atomic E-state index is 0.212. The molecule has 2 rings (SSSR count). The molecule has 0 fully saturated rings. The van der Waals surface area contributed by atoms with E-state index in [1.807, 2.05) is 24.3 Å². The SMILES string of the molecule is C1=C[C@H](OCc2ccccc2)CCO1. The van der Waals surface area contributed by atoms with Gasteiger partial charge in [0.25, 0.3) is 0 Å². The Morgan fingerprint density at radius 2 is 2.14 bits per heavy atom. The molecule has 0 unspecified atom stereocenters. The smallest absolute Gasteiger partial charge is 0.0901 e. The quantitative estimate of drug-likeness (QED) is 0.729. The monoisotopic (exact) mass is 190 g/mol. The van der Waals surface area contributed by atoms with Gasteiger partial charge in [0, 0.05) is 6.42 Å². The third-order valence-electron chi connectivity index (χ3n) is 2.22. The van der Waals surface area contributed by atoms with Gasteiger partial charge in [0.1, 0.15) is 0 Å². The topological polar surface area (TPSA) is 18.5 Å². The molecular formula is C12H14O2. The summed E-state index contributed by atoms with van der Waals surface area (Å²) in [5.74, 6) is 0. The number of ether oxygens (including phenoxy) is 2. The summed E-state index contributed by atoms with van der Waals surface area (Å²) < 4.78 is 10.8. The molecule has 0 N–H and O–H groups in total. The highest BCUT2D eigenvalue weighted by Gasteiger charge is 2.08. The molecule has 1 aliphatic rings. The molecule has 0 aliphatic carbocycles. The van der Waals surface area contributed by atoms with Crippen LogP contribution < -0.4 is 0 Å². The van der Waals surface area contributed by atoms with Gasteiger partial charge in [-0.1, -0.05) is 30.3 Å². The maximum absolute atomic E-state index is 5.70. The first-order valence-electron chi connectivity index (χ1n) is 4.89. The highest BCUT2D eigenvalue weighted by atomic mass is 16.5. The largest absolute Gasteiger partial charge is 0.501 e. The van der Waals surface area contributed by atoms with Crippen LogP contribution in [-0.4, -0.2) is 12.7 Å². The predicted molar refractivity (Wildman–Crippen MR) is 54.7 cm³/mol. The molecule has 1 aromatic carbocycles. The summed E-state index contributed by atoms with van der Waals surface area (Å²) in [5, 5.41) is 0. The van der Waals surface area contributed by atoms with Gasteiger partial charge in [0.2, 0.25) is 0 Å². The van der Waals surface area contributed by atoms with E-state index >= 15 is 0 Å². The molecular weight excluding hydrogens is 176 g/mol. The van der Waals surface area contributed by atoms with Gasteiger partial charge in [-0.3, -0.25) is 0 Å². The molecule has 14 heavy (non-hydrogen) atoms. The first-order valence-corrected chi connectivity index (χ1v) is 4.89. The van der Waals surface area contributed by atoms with Gasteiger partial charge in [-0.05, 0) is 11.6 Å². The Hall–Kier alpha value is -1.28. The molecule has 0 radical (unpaired) electrons. The summed E-state index contributed by atoms with van der Waals surface area (Å²) >= 11 is 0. The van der Waals surface area contributed by atoms with E-state index in [0.29, 0.717) is 6.61 Å². The molecule has 1 heterocycles. The lowest BCUT2D eigenvalue weighted by atomic mass is 10.2. The Bertz CT molecular complexity index is 292. The van der Waals surface area contributed by atoms with E-state index in [1.54, 1.807) is 6.26 Å². The Kier molecular flexibility index (Phi) is 3.19. The predicted octanol–water partition coefficient (Wildman–Crippen LogP) is 2.51. The zero-order chi connectivity index (χ0) is 9.64.